The maximum absolute atomic E-state index is 2.37. The largest absolute Gasteiger partial charge is 0.311 e. The average Bonchev–Trinajstić information content (AvgIpc) is 3.59. The fraction of sp³-hybridized carbons (Fsp3) is 0.0189. The number of aromatic nitrogens is 1. The van der Waals surface area contributed by atoms with E-state index in [1.54, 1.807) is 0 Å². The Morgan fingerprint density at radius 1 is 0.309 bits per heavy atom. The van der Waals surface area contributed by atoms with E-state index in [0.29, 0.717) is 0 Å². The molecule has 0 radical (unpaired) electrons. The van der Waals surface area contributed by atoms with Gasteiger partial charge in [0.1, 0.15) is 0 Å². The predicted molar refractivity (Wildman–Crippen MR) is 234 cm³/mol. The maximum atomic E-state index is 2.37. The van der Waals surface area contributed by atoms with Gasteiger partial charge in [-0.25, -0.2) is 0 Å². The monoisotopic (exact) mass is 702 g/mol. The Kier molecular flexibility index (Phi) is 8.08. The van der Waals surface area contributed by atoms with E-state index >= 15 is 0 Å². The third kappa shape index (κ3) is 5.85. The van der Waals surface area contributed by atoms with Gasteiger partial charge in [-0.1, -0.05) is 157 Å². The molecule has 1 heterocycles. The van der Waals surface area contributed by atoms with Gasteiger partial charge >= 0.3 is 0 Å². The van der Waals surface area contributed by atoms with Gasteiger partial charge in [0, 0.05) is 33.5 Å². The molecule has 0 bridgehead atoms. The normalized spacial score (nSPS) is 11.4. The standard InChI is InChI=1S/C53H38N2/c1-37-19-21-38(22-20-37)39-23-27-42(28-24-39)54(44-31-33-45(34-32-44)55-52-17-9-7-15-50(52)51-16-8-10-18-53(51)55)43-29-25-41(26-30-43)47-36-35-46(40-11-3-2-4-12-40)48-13-5-6-14-49(47)48/h2-36H,1H3. The molecule has 2 heteroatoms. The molecule has 0 aliphatic rings. The Morgan fingerprint density at radius 3 is 1.20 bits per heavy atom. The molecule has 0 saturated carbocycles. The van der Waals surface area contributed by atoms with Gasteiger partial charge in [-0.15, -0.1) is 0 Å². The van der Waals surface area contributed by atoms with Crippen LogP contribution in [0.2, 0.25) is 0 Å². The first kappa shape index (κ1) is 32.5. The Bertz CT molecular complexity index is 2880. The number of aryl methyl sites for hydroxylation is 1. The molecule has 0 unspecified atom stereocenters. The summed E-state index contributed by atoms with van der Waals surface area (Å²) in [6, 6.07) is 77.0. The van der Waals surface area contributed by atoms with Crippen molar-refractivity contribution < 1.29 is 0 Å². The summed E-state index contributed by atoms with van der Waals surface area (Å²) in [7, 11) is 0. The van der Waals surface area contributed by atoms with Crippen LogP contribution in [0.1, 0.15) is 5.56 Å². The second kappa shape index (κ2) is 13.7. The second-order valence-corrected chi connectivity index (χ2v) is 14.3. The lowest BCUT2D eigenvalue weighted by Gasteiger charge is -2.26. The van der Waals surface area contributed by atoms with Gasteiger partial charge < -0.3 is 9.47 Å². The lowest BCUT2D eigenvalue weighted by molar-refractivity contribution is 1.17. The topological polar surface area (TPSA) is 8.17 Å². The molecule has 0 atom stereocenters. The van der Waals surface area contributed by atoms with Crippen molar-refractivity contribution in [2.24, 2.45) is 0 Å². The van der Waals surface area contributed by atoms with Crippen LogP contribution in [0.5, 0.6) is 0 Å². The van der Waals surface area contributed by atoms with Crippen LogP contribution in [-0.2, 0) is 0 Å². The van der Waals surface area contributed by atoms with Gasteiger partial charge in [0.25, 0.3) is 0 Å². The molecule has 0 aliphatic heterocycles. The highest BCUT2D eigenvalue weighted by atomic mass is 15.1. The molecular formula is C53H38N2. The third-order valence-electron chi connectivity index (χ3n) is 10.9. The summed E-state index contributed by atoms with van der Waals surface area (Å²) in [5.41, 5.74) is 15.4. The Balaban J connectivity index is 1.06. The zero-order chi connectivity index (χ0) is 36.7. The van der Waals surface area contributed by atoms with Crippen molar-refractivity contribution in [3.63, 3.8) is 0 Å². The summed E-state index contributed by atoms with van der Waals surface area (Å²) in [5, 5.41) is 5.04. The molecule has 0 fully saturated rings. The van der Waals surface area contributed by atoms with Crippen molar-refractivity contribution in [2.75, 3.05) is 4.90 Å². The lowest BCUT2D eigenvalue weighted by Crippen LogP contribution is -2.10. The Morgan fingerprint density at radius 2 is 0.691 bits per heavy atom. The highest BCUT2D eigenvalue weighted by Gasteiger charge is 2.17. The van der Waals surface area contributed by atoms with Gasteiger partial charge in [0.15, 0.2) is 0 Å². The van der Waals surface area contributed by atoms with Crippen molar-refractivity contribution >= 4 is 49.6 Å². The molecule has 1 aromatic heterocycles. The SMILES string of the molecule is Cc1ccc(-c2ccc(N(c3ccc(-c4ccc(-c5ccccc5)c5ccccc45)cc3)c3ccc(-n4c5ccccc5c5ccccc54)cc3)cc2)cc1. The zero-order valence-electron chi connectivity index (χ0n) is 30.6. The smallest absolute Gasteiger partial charge is 0.0541 e. The number of rotatable bonds is 7. The molecule has 0 saturated heterocycles. The van der Waals surface area contributed by atoms with E-state index in [2.05, 4.69) is 229 Å². The van der Waals surface area contributed by atoms with Gasteiger partial charge in [0.05, 0.1) is 11.0 Å². The van der Waals surface area contributed by atoms with Crippen molar-refractivity contribution in [3.05, 3.63) is 218 Å². The van der Waals surface area contributed by atoms with Gasteiger partial charge in [-0.3, -0.25) is 0 Å². The van der Waals surface area contributed by atoms with Crippen molar-refractivity contribution in [3.8, 4) is 39.1 Å². The molecule has 2 nitrogen and oxygen atoms in total. The minimum Gasteiger partial charge on any atom is -0.311 e. The number of hydrogen-bond acceptors (Lipinski definition) is 1. The fourth-order valence-electron chi connectivity index (χ4n) is 8.16. The molecule has 9 aromatic carbocycles. The highest BCUT2D eigenvalue weighted by Crippen LogP contribution is 2.40. The molecule has 10 rings (SSSR count). The van der Waals surface area contributed by atoms with E-state index < -0.39 is 0 Å². The minimum atomic E-state index is 1.10. The fourth-order valence-corrected chi connectivity index (χ4v) is 8.16. The van der Waals surface area contributed by atoms with Crippen LogP contribution in [0.3, 0.4) is 0 Å². The van der Waals surface area contributed by atoms with Crippen molar-refractivity contribution in [1.82, 2.24) is 4.57 Å². The number of nitrogens with zero attached hydrogens (tertiary/aromatic N) is 2. The van der Waals surface area contributed by atoms with Gasteiger partial charge in [-0.2, -0.15) is 0 Å². The average molecular weight is 703 g/mol. The maximum Gasteiger partial charge on any atom is 0.0541 e. The van der Waals surface area contributed by atoms with E-state index in [-0.39, 0.29) is 0 Å². The lowest BCUT2D eigenvalue weighted by atomic mass is 9.92. The molecule has 0 aliphatic carbocycles. The molecule has 10 aromatic rings. The summed E-state index contributed by atoms with van der Waals surface area (Å²) in [5.74, 6) is 0. The highest BCUT2D eigenvalue weighted by molar-refractivity contribution is 6.09. The number of anilines is 3. The summed E-state index contributed by atoms with van der Waals surface area (Å²) in [6.07, 6.45) is 0. The third-order valence-corrected chi connectivity index (χ3v) is 10.9. The number of fused-ring (bicyclic) bond motifs is 4. The second-order valence-electron chi connectivity index (χ2n) is 14.3. The minimum absolute atomic E-state index is 1.10. The van der Waals surface area contributed by atoms with Crippen LogP contribution < -0.4 is 4.90 Å². The van der Waals surface area contributed by atoms with E-state index in [4.69, 9.17) is 0 Å². The quantitative estimate of drug-likeness (QED) is 0.160. The Hall–Kier alpha value is -7.16. The predicted octanol–water partition coefficient (Wildman–Crippen LogP) is 14.7. The van der Waals surface area contributed by atoms with E-state index in [1.165, 1.54) is 71.5 Å². The van der Waals surface area contributed by atoms with Crippen LogP contribution in [0, 0.1) is 6.92 Å². The molecule has 0 amide bonds. The van der Waals surface area contributed by atoms with Crippen molar-refractivity contribution in [2.45, 2.75) is 6.92 Å². The van der Waals surface area contributed by atoms with Crippen LogP contribution in [0.15, 0.2) is 212 Å². The molecule has 0 spiro atoms. The first-order chi connectivity index (χ1) is 27.2. The molecular weight excluding hydrogens is 665 g/mol. The summed E-state index contributed by atoms with van der Waals surface area (Å²) in [4.78, 5) is 2.36. The van der Waals surface area contributed by atoms with Crippen molar-refractivity contribution in [1.29, 1.82) is 0 Å². The van der Waals surface area contributed by atoms with Crippen LogP contribution in [0.4, 0.5) is 17.1 Å². The number of hydrogen-bond donors (Lipinski definition) is 0. The molecule has 55 heavy (non-hydrogen) atoms. The summed E-state index contributed by atoms with van der Waals surface area (Å²) >= 11 is 0. The first-order valence-electron chi connectivity index (χ1n) is 18.9. The Labute approximate surface area is 321 Å². The van der Waals surface area contributed by atoms with Gasteiger partial charge in [-0.05, 0) is 112 Å². The zero-order valence-corrected chi connectivity index (χ0v) is 30.6. The first-order valence-corrected chi connectivity index (χ1v) is 18.9. The van der Waals surface area contributed by atoms with Crippen LogP contribution in [-0.4, -0.2) is 4.57 Å². The van der Waals surface area contributed by atoms with E-state index in [1.807, 2.05) is 0 Å². The van der Waals surface area contributed by atoms with Crippen LogP contribution >= 0.6 is 0 Å². The molecule has 0 N–H and O–H groups in total. The van der Waals surface area contributed by atoms with E-state index in [0.717, 1.165) is 22.7 Å². The number of benzene rings is 9. The molecule has 260 valence electrons. The summed E-state index contributed by atoms with van der Waals surface area (Å²) in [6.45, 7) is 2.13. The van der Waals surface area contributed by atoms with E-state index in [9.17, 15) is 0 Å². The number of para-hydroxylation sites is 2. The van der Waals surface area contributed by atoms with Gasteiger partial charge in [0.2, 0.25) is 0 Å². The summed E-state index contributed by atoms with van der Waals surface area (Å²) < 4.78 is 2.37. The van der Waals surface area contributed by atoms with Crippen LogP contribution in [0.25, 0.3) is 71.6 Å².